The van der Waals surface area contributed by atoms with Gasteiger partial charge in [0.25, 0.3) is 5.91 Å². The van der Waals surface area contributed by atoms with Crippen molar-refractivity contribution in [1.82, 2.24) is 30.7 Å². The third kappa shape index (κ3) is 3.51. The summed E-state index contributed by atoms with van der Waals surface area (Å²) < 4.78 is 0. The van der Waals surface area contributed by atoms with Crippen LogP contribution >= 0.6 is 0 Å². The number of carbonyl (C=O) groups excluding carboxylic acids is 1. The van der Waals surface area contributed by atoms with Crippen LogP contribution in [0.4, 0.5) is 0 Å². The molecular weight excluding hydrogens is 352 g/mol. The van der Waals surface area contributed by atoms with E-state index in [2.05, 4.69) is 51.5 Å². The van der Waals surface area contributed by atoms with Gasteiger partial charge in [-0.15, -0.1) is 0 Å². The smallest absolute Gasteiger partial charge is 0.272 e. The Hall–Kier alpha value is -3.48. The highest BCUT2D eigenvalue weighted by molar-refractivity contribution is 6.05. The standard InChI is InChI=1S/C21H22N6O/c1-21(2,3)12-23-20(28)19-14-10-13(7-8-16(14)25-27-19)15-11-24-26-18(15)17-6-4-5-9-22-17/h4-11H,12H2,1-3H3,(H,23,28)(H,24,26)(H,25,27). The second-order valence-electron chi connectivity index (χ2n) is 7.95. The number of hydrogen-bond acceptors (Lipinski definition) is 4. The van der Waals surface area contributed by atoms with E-state index in [9.17, 15) is 4.79 Å². The minimum absolute atomic E-state index is 0.00130. The van der Waals surface area contributed by atoms with Crippen LogP contribution in [0.3, 0.4) is 0 Å². The van der Waals surface area contributed by atoms with Crippen LogP contribution in [0.25, 0.3) is 33.4 Å². The van der Waals surface area contributed by atoms with E-state index >= 15 is 0 Å². The number of rotatable bonds is 4. The molecule has 0 spiro atoms. The van der Waals surface area contributed by atoms with Gasteiger partial charge in [-0.2, -0.15) is 10.2 Å². The lowest BCUT2D eigenvalue weighted by molar-refractivity contribution is 0.0936. The van der Waals surface area contributed by atoms with Crippen LogP contribution in [0.5, 0.6) is 0 Å². The maximum absolute atomic E-state index is 12.6. The van der Waals surface area contributed by atoms with Crippen molar-refractivity contribution in [1.29, 1.82) is 0 Å². The van der Waals surface area contributed by atoms with Crippen LogP contribution in [-0.4, -0.2) is 37.8 Å². The molecule has 0 aliphatic rings. The Bertz CT molecular complexity index is 1120. The Morgan fingerprint density at radius 3 is 2.75 bits per heavy atom. The number of aromatic amines is 2. The molecule has 4 rings (SSSR count). The van der Waals surface area contributed by atoms with Crippen molar-refractivity contribution in [2.75, 3.05) is 6.54 Å². The highest BCUT2D eigenvalue weighted by atomic mass is 16.1. The van der Waals surface area contributed by atoms with Crippen LogP contribution in [0.1, 0.15) is 31.3 Å². The number of aromatic nitrogens is 5. The van der Waals surface area contributed by atoms with E-state index in [0.29, 0.717) is 12.2 Å². The van der Waals surface area contributed by atoms with Crippen LogP contribution in [-0.2, 0) is 0 Å². The van der Waals surface area contributed by atoms with E-state index in [1.54, 1.807) is 12.4 Å². The van der Waals surface area contributed by atoms with Gasteiger partial charge in [0, 0.05) is 23.7 Å². The quantitative estimate of drug-likeness (QED) is 0.506. The summed E-state index contributed by atoms with van der Waals surface area (Å²) in [5.74, 6) is -0.185. The van der Waals surface area contributed by atoms with Gasteiger partial charge in [0.2, 0.25) is 0 Å². The van der Waals surface area contributed by atoms with Crippen molar-refractivity contribution < 1.29 is 4.79 Å². The van der Waals surface area contributed by atoms with Gasteiger partial charge in [-0.1, -0.05) is 32.9 Å². The number of amides is 1. The molecule has 4 aromatic rings. The Balaban J connectivity index is 1.72. The fourth-order valence-electron chi connectivity index (χ4n) is 2.99. The van der Waals surface area contributed by atoms with Gasteiger partial charge in [-0.05, 0) is 35.2 Å². The number of H-pyrrole nitrogens is 2. The second-order valence-corrected chi connectivity index (χ2v) is 7.95. The monoisotopic (exact) mass is 374 g/mol. The number of nitrogens with one attached hydrogen (secondary N) is 3. The van der Waals surface area contributed by atoms with E-state index in [-0.39, 0.29) is 11.3 Å². The lowest BCUT2D eigenvalue weighted by Crippen LogP contribution is -2.32. The first-order chi connectivity index (χ1) is 13.4. The second kappa shape index (κ2) is 6.92. The summed E-state index contributed by atoms with van der Waals surface area (Å²) in [5.41, 5.74) is 4.71. The highest BCUT2D eigenvalue weighted by Crippen LogP contribution is 2.31. The molecule has 0 aliphatic heterocycles. The maximum atomic E-state index is 12.6. The van der Waals surface area contributed by atoms with Gasteiger partial charge in [-0.25, -0.2) is 0 Å². The Kier molecular flexibility index (Phi) is 4.43. The Labute approximate surface area is 162 Å². The Morgan fingerprint density at radius 2 is 2.00 bits per heavy atom. The van der Waals surface area contributed by atoms with E-state index in [0.717, 1.165) is 33.4 Å². The SMILES string of the molecule is CC(C)(C)CNC(=O)c1n[nH]c2ccc(-c3cn[nH]c3-c3ccccn3)cc12. The summed E-state index contributed by atoms with van der Waals surface area (Å²) in [6.45, 7) is 6.80. The zero-order chi connectivity index (χ0) is 19.7. The molecule has 0 unspecified atom stereocenters. The van der Waals surface area contributed by atoms with Crippen molar-refractivity contribution in [2.45, 2.75) is 20.8 Å². The first kappa shape index (κ1) is 17.9. The highest BCUT2D eigenvalue weighted by Gasteiger charge is 2.19. The maximum Gasteiger partial charge on any atom is 0.272 e. The van der Waals surface area contributed by atoms with Crippen LogP contribution < -0.4 is 5.32 Å². The molecule has 7 heteroatoms. The molecule has 3 aromatic heterocycles. The van der Waals surface area contributed by atoms with E-state index < -0.39 is 0 Å². The molecule has 142 valence electrons. The van der Waals surface area contributed by atoms with Crippen molar-refractivity contribution in [2.24, 2.45) is 5.41 Å². The molecule has 0 atom stereocenters. The number of nitrogens with zero attached hydrogens (tertiary/aromatic N) is 3. The molecule has 0 saturated heterocycles. The summed E-state index contributed by atoms with van der Waals surface area (Å²) in [6.07, 6.45) is 3.52. The fraction of sp³-hybridized carbons (Fsp3) is 0.238. The molecule has 0 fully saturated rings. The molecule has 1 amide bonds. The molecule has 0 bridgehead atoms. The fourth-order valence-corrected chi connectivity index (χ4v) is 2.99. The minimum atomic E-state index is -0.185. The number of benzene rings is 1. The third-order valence-corrected chi connectivity index (χ3v) is 4.43. The molecule has 1 aromatic carbocycles. The number of hydrogen-bond donors (Lipinski definition) is 3. The summed E-state index contributed by atoms with van der Waals surface area (Å²) in [5, 5.41) is 18.1. The molecular formula is C21H22N6O. The summed E-state index contributed by atoms with van der Waals surface area (Å²) in [7, 11) is 0. The summed E-state index contributed by atoms with van der Waals surface area (Å²) in [4.78, 5) is 17.0. The number of carbonyl (C=O) groups is 1. The van der Waals surface area contributed by atoms with Gasteiger partial charge in [0.05, 0.1) is 23.1 Å². The van der Waals surface area contributed by atoms with Crippen LogP contribution in [0, 0.1) is 5.41 Å². The summed E-state index contributed by atoms with van der Waals surface area (Å²) >= 11 is 0. The zero-order valence-electron chi connectivity index (χ0n) is 16.1. The van der Waals surface area contributed by atoms with Crippen LogP contribution in [0.15, 0.2) is 48.8 Å². The van der Waals surface area contributed by atoms with Gasteiger partial charge >= 0.3 is 0 Å². The van der Waals surface area contributed by atoms with Gasteiger partial charge < -0.3 is 5.32 Å². The average Bonchev–Trinajstić information content (AvgIpc) is 3.33. The molecule has 0 radical (unpaired) electrons. The molecule has 28 heavy (non-hydrogen) atoms. The zero-order valence-corrected chi connectivity index (χ0v) is 16.1. The van der Waals surface area contributed by atoms with Gasteiger partial charge in [0.15, 0.2) is 5.69 Å². The molecule has 3 N–H and O–H groups in total. The third-order valence-electron chi connectivity index (χ3n) is 4.43. The van der Waals surface area contributed by atoms with Crippen molar-refractivity contribution in [3.8, 4) is 22.5 Å². The van der Waals surface area contributed by atoms with Gasteiger partial charge in [-0.3, -0.25) is 20.0 Å². The van der Waals surface area contributed by atoms with E-state index in [4.69, 9.17) is 0 Å². The average molecular weight is 374 g/mol. The van der Waals surface area contributed by atoms with Crippen molar-refractivity contribution >= 4 is 16.8 Å². The minimum Gasteiger partial charge on any atom is -0.350 e. The van der Waals surface area contributed by atoms with E-state index in [1.807, 2.05) is 36.4 Å². The molecule has 7 nitrogen and oxygen atoms in total. The lowest BCUT2D eigenvalue weighted by atomic mass is 9.97. The molecule has 0 saturated carbocycles. The Morgan fingerprint density at radius 1 is 1.14 bits per heavy atom. The molecule has 0 aliphatic carbocycles. The number of fused-ring (bicyclic) bond motifs is 1. The lowest BCUT2D eigenvalue weighted by Gasteiger charge is -2.18. The number of pyridine rings is 1. The summed E-state index contributed by atoms with van der Waals surface area (Å²) in [6, 6.07) is 11.6. The largest absolute Gasteiger partial charge is 0.350 e. The first-order valence-corrected chi connectivity index (χ1v) is 9.14. The topological polar surface area (TPSA) is 99.4 Å². The van der Waals surface area contributed by atoms with Crippen LogP contribution in [0.2, 0.25) is 0 Å². The normalized spacial score (nSPS) is 11.7. The van der Waals surface area contributed by atoms with Gasteiger partial charge in [0.1, 0.15) is 0 Å². The molecule has 3 heterocycles. The predicted octanol–water partition coefficient (Wildman–Crippen LogP) is 3.79. The van der Waals surface area contributed by atoms with E-state index in [1.165, 1.54) is 0 Å². The van der Waals surface area contributed by atoms with Crippen molar-refractivity contribution in [3.05, 3.63) is 54.5 Å². The first-order valence-electron chi connectivity index (χ1n) is 9.14. The predicted molar refractivity (Wildman–Crippen MR) is 109 cm³/mol. The van der Waals surface area contributed by atoms with Crippen molar-refractivity contribution in [3.63, 3.8) is 0 Å².